The first-order valence-electron chi connectivity index (χ1n) is 11.1. The Morgan fingerprint density at radius 3 is 2.09 bits per heavy atom. The summed E-state index contributed by atoms with van der Waals surface area (Å²) in [6.07, 6.45) is 0.679. The zero-order chi connectivity index (χ0) is 25.1. The lowest BCUT2D eigenvalue weighted by atomic mass is 10.0. The molecule has 2 aromatic carbocycles. The van der Waals surface area contributed by atoms with E-state index in [-0.39, 0.29) is 5.56 Å². The molecule has 11 nitrogen and oxygen atoms in total. The molecule has 0 saturated carbocycles. The molecule has 1 saturated heterocycles. The summed E-state index contributed by atoms with van der Waals surface area (Å²) >= 11 is 0. The zero-order valence-electron chi connectivity index (χ0n) is 19.4. The van der Waals surface area contributed by atoms with Gasteiger partial charge in [0.1, 0.15) is 11.6 Å². The molecule has 0 radical (unpaired) electrons. The van der Waals surface area contributed by atoms with E-state index in [0.717, 1.165) is 40.8 Å². The second-order valence-electron chi connectivity index (χ2n) is 8.35. The molecule has 0 aliphatic carbocycles. The molecule has 0 atom stereocenters. The molecule has 0 bridgehead atoms. The number of amides is 1. The number of nitro benzene ring substituents is 2. The van der Waals surface area contributed by atoms with Crippen LogP contribution < -0.4 is 4.90 Å². The molecule has 1 aliphatic heterocycles. The lowest BCUT2D eigenvalue weighted by Crippen LogP contribution is -2.49. The maximum absolute atomic E-state index is 13.0. The number of aryl methyl sites for hydroxylation is 2. The molecule has 0 unspecified atom stereocenters. The Morgan fingerprint density at radius 2 is 1.51 bits per heavy atom. The third-order valence-corrected chi connectivity index (χ3v) is 5.97. The van der Waals surface area contributed by atoms with Gasteiger partial charge in [-0.15, -0.1) is 0 Å². The first kappa shape index (κ1) is 23.7. The quantitative estimate of drug-likeness (QED) is 0.390. The van der Waals surface area contributed by atoms with E-state index >= 15 is 0 Å². The normalized spacial score (nSPS) is 13.5. The molecular formula is C24H24N6O5. The van der Waals surface area contributed by atoms with Gasteiger partial charge < -0.3 is 9.80 Å². The number of anilines is 1. The van der Waals surface area contributed by atoms with E-state index in [1.807, 2.05) is 32.0 Å². The Kier molecular flexibility index (Phi) is 6.67. The van der Waals surface area contributed by atoms with Gasteiger partial charge in [-0.3, -0.25) is 25.0 Å². The second kappa shape index (κ2) is 9.84. The smallest absolute Gasteiger partial charge is 0.277 e. The van der Waals surface area contributed by atoms with Crippen LogP contribution in [-0.4, -0.2) is 56.8 Å². The van der Waals surface area contributed by atoms with Crippen LogP contribution in [-0.2, 0) is 6.42 Å². The largest absolute Gasteiger partial charge is 0.353 e. The van der Waals surface area contributed by atoms with Crippen molar-refractivity contribution in [3.8, 4) is 0 Å². The number of piperazine rings is 1. The molecule has 0 N–H and O–H groups in total. The Bertz CT molecular complexity index is 1260. The molecule has 0 spiro atoms. The molecule has 1 fully saturated rings. The minimum atomic E-state index is -0.740. The molecule has 1 amide bonds. The van der Waals surface area contributed by atoms with Gasteiger partial charge in [0, 0.05) is 56.0 Å². The Balaban J connectivity index is 1.54. The van der Waals surface area contributed by atoms with Crippen molar-refractivity contribution >= 4 is 23.1 Å². The molecule has 180 valence electrons. The van der Waals surface area contributed by atoms with Crippen LogP contribution in [0.25, 0.3) is 0 Å². The van der Waals surface area contributed by atoms with Gasteiger partial charge >= 0.3 is 0 Å². The molecule has 2 heterocycles. The molecule has 1 aromatic heterocycles. The summed E-state index contributed by atoms with van der Waals surface area (Å²) in [5, 5.41) is 22.4. The number of rotatable bonds is 6. The van der Waals surface area contributed by atoms with E-state index < -0.39 is 27.1 Å². The van der Waals surface area contributed by atoms with Crippen LogP contribution in [0.5, 0.6) is 0 Å². The topological polar surface area (TPSA) is 136 Å². The lowest BCUT2D eigenvalue weighted by Gasteiger charge is -2.36. The molecule has 1 aliphatic rings. The molecule has 11 heteroatoms. The summed E-state index contributed by atoms with van der Waals surface area (Å²) in [7, 11) is 0. The van der Waals surface area contributed by atoms with Crippen molar-refractivity contribution < 1.29 is 14.6 Å². The SMILES string of the molecule is Cc1nc(C)c(Cc2ccccc2)c(N2CCN(C(=O)c3cc([N+](=O)[O-])cc([N+](=O)[O-])c3)CC2)n1. The standard InChI is InChI=1S/C24H24N6O5/c1-16-22(12-18-6-4-3-5-7-18)23(26-17(2)25-16)27-8-10-28(11-9-27)24(31)19-13-20(29(32)33)15-21(14-19)30(34)35/h3-7,13-15H,8-12H2,1-2H3. The van der Waals surface area contributed by atoms with Crippen molar-refractivity contribution in [2.24, 2.45) is 0 Å². The highest BCUT2D eigenvalue weighted by atomic mass is 16.6. The average Bonchev–Trinajstić information content (AvgIpc) is 2.85. The molecular weight excluding hydrogens is 452 g/mol. The number of non-ortho nitro benzene ring substituents is 2. The number of benzene rings is 2. The van der Waals surface area contributed by atoms with Crippen LogP contribution >= 0.6 is 0 Å². The Morgan fingerprint density at radius 1 is 0.914 bits per heavy atom. The van der Waals surface area contributed by atoms with Gasteiger partial charge in [0.25, 0.3) is 17.3 Å². The van der Waals surface area contributed by atoms with E-state index in [4.69, 9.17) is 4.98 Å². The Labute approximate surface area is 201 Å². The first-order chi connectivity index (χ1) is 16.7. The Hall–Kier alpha value is -4.41. The van der Waals surface area contributed by atoms with Crippen molar-refractivity contribution in [1.82, 2.24) is 14.9 Å². The molecule has 3 aromatic rings. The average molecular weight is 476 g/mol. The highest BCUT2D eigenvalue weighted by Gasteiger charge is 2.28. The fourth-order valence-corrected chi connectivity index (χ4v) is 4.22. The highest BCUT2D eigenvalue weighted by molar-refractivity contribution is 5.95. The summed E-state index contributed by atoms with van der Waals surface area (Å²) in [6.45, 7) is 5.51. The van der Waals surface area contributed by atoms with Gasteiger partial charge in [0.2, 0.25) is 0 Å². The summed E-state index contributed by atoms with van der Waals surface area (Å²) in [6, 6.07) is 13.1. The van der Waals surface area contributed by atoms with E-state index in [2.05, 4.69) is 22.0 Å². The number of hydrogen-bond acceptors (Lipinski definition) is 8. The van der Waals surface area contributed by atoms with Crippen molar-refractivity contribution in [3.05, 3.63) is 97.0 Å². The lowest BCUT2D eigenvalue weighted by molar-refractivity contribution is -0.394. The fourth-order valence-electron chi connectivity index (χ4n) is 4.22. The number of carbonyl (C=O) groups is 1. The van der Waals surface area contributed by atoms with Gasteiger partial charge in [-0.1, -0.05) is 30.3 Å². The maximum atomic E-state index is 13.0. The van der Waals surface area contributed by atoms with Crippen LogP contribution in [0.1, 0.15) is 33.0 Å². The number of nitrogens with zero attached hydrogens (tertiary/aromatic N) is 6. The van der Waals surface area contributed by atoms with E-state index in [1.54, 1.807) is 4.90 Å². The van der Waals surface area contributed by atoms with Crippen LogP contribution in [0.4, 0.5) is 17.2 Å². The van der Waals surface area contributed by atoms with E-state index in [9.17, 15) is 25.0 Å². The predicted molar refractivity (Wildman–Crippen MR) is 129 cm³/mol. The molecule has 4 rings (SSSR count). The monoisotopic (exact) mass is 476 g/mol. The van der Waals surface area contributed by atoms with Crippen molar-refractivity contribution in [2.45, 2.75) is 20.3 Å². The third-order valence-electron chi connectivity index (χ3n) is 5.97. The number of hydrogen-bond donors (Lipinski definition) is 0. The zero-order valence-corrected chi connectivity index (χ0v) is 19.4. The predicted octanol–water partition coefficient (Wildman–Crippen LogP) is 3.46. The number of nitro groups is 2. The molecule has 35 heavy (non-hydrogen) atoms. The number of aromatic nitrogens is 2. The fraction of sp³-hybridized carbons (Fsp3) is 0.292. The van der Waals surface area contributed by atoms with Crippen molar-refractivity contribution in [1.29, 1.82) is 0 Å². The maximum Gasteiger partial charge on any atom is 0.277 e. The summed E-state index contributed by atoms with van der Waals surface area (Å²) in [5.74, 6) is 1.02. The van der Waals surface area contributed by atoms with Crippen LogP contribution in [0.2, 0.25) is 0 Å². The second-order valence-corrected chi connectivity index (χ2v) is 8.35. The minimum Gasteiger partial charge on any atom is -0.353 e. The number of carbonyl (C=O) groups excluding carboxylic acids is 1. The van der Waals surface area contributed by atoms with Gasteiger partial charge in [-0.05, 0) is 19.4 Å². The van der Waals surface area contributed by atoms with Crippen LogP contribution in [0.15, 0.2) is 48.5 Å². The summed E-state index contributed by atoms with van der Waals surface area (Å²) < 4.78 is 0. The van der Waals surface area contributed by atoms with E-state index in [0.29, 0.717) is 38.4 Å². The van der Waals surface area contributed by atoms with Crippen molar-refractivity contribution in [2.75, 3.05) is 31.1 Å². The summed E-state index contributed by atoms with van der Waals surface area (Å²) in [4.78, 5) is 46.8. The van der Waals surface area contributed by atoms with Crippen LogP contribution in [0.3, 0.4) is 0 Å². The van der Waals surface area contributed by atoms with E-state index in [1.165, 1.54) is 0 Å². The minimum absolute atomic E-state index is 0.0714. The van der Waals surface area contributed by atoms with Gasteiger partial charge in [0.15, 0.2) is 0 Å². The van der Waals surface area contributed by atoms with Gasteiger partial charge in [-0.25, -0.2) is 9.97 Å². The highest BCUT2D eigenvalue weighted by Crippen LogP contribution is 2.27. The summed E-state index contributed by atoms with van der Waals surface area (Å²) in [5.41, 5.74) is 2.02. The first-order valence-corrected chi connectivity index (χ1v) is 11.1. The van der Waals surface area contributed by atoms with Gasteiger partial charge in [0.05, 0.1) is 21.5 Å². The van der Waals surface area contributed by atoms with Crippen LogP contribution in [0, 0.1) is 34.1 Å². The third kappa shape index (κ3) is 5.24. The van der Waals surface area contributed by atoms with Crippen molar-refractivity contribution in [3.63, 3.8) is 0 Å². The van der Waals surface area contributed by atoms with Gasteiger partial charge in [-0.2, -0.15) is 0 Å².